The summed E-state index contributed by atoms with van der Waals surface area (Å²) in [6.45, 7) is 5.74. The smallest absolute Gasteiger partial charge is 0.233 e. The number of amides is 1. The van der Waals surface area contributed by atoms with Crippen LogP contribution in [-0.2, 0) is 16.1 Å². The summed E-state index contributed by atoms with van der Waals surface area (Å²) >= 11 is 7.38. The van der Waals surface area contributed by atoms with Crippen molar-refractivity contribution < 1.29 is 9.53 Å². The monoisotopic (exact) mass is 382 g/mol. The zero-order valence-electron chi connectivity index (χ0n) is 14.7. The van der Waals surface area contributed by atoms with Gasteiger partial charge in [0.1, 0.15) is 0 Å². The predicted molar refractivity (Wildman–Crippen MR) is 101 cm³/mol. The molecule has 8 heteroatoms. The van der Waals surface area contributed by atoms with Crippen LogP contribution in [0.4, 0.5) is 0 Å². The van der Waals surface area contributed by atoms with Crippen molar-refractivity contribution in [1.29, 1.82) is 0 Å². The van der Waals surface area contributed by atoms with Gasteiger partial charge in [-0.05, 0) is 44.5 Å². The highest BCUT2D eigenvalue weighted by Gasteiger charge is 2.20. The van der Waals surface area contributed by atoms with Gasteiger partial charge in [0.05, 0.1) is 5.25 Å². The Labute approximate surface area is 157 Å². The van der Waals surface area contributed by atoms with Crippen LogP contribution in [0.1, 0.15) is 20.3 Å². The lowest BCUT2D eigenvalue weighted by Gasteiger charge is -2.13. The molecule has 0 saturated carbocycles. The number of thioether (sulfide) groups is 1. The van der Waals surface area contributed by atoms with E-state index in [0.717, 1.165) is 23.0 Å². The molecule has 1 aromatic heterocycles. The number of nitrogens with zero attached hydrogens (tertiary/aromatic N) is 3. The van der Waals surface area contributed by atoms with E-state index in [4.69, 9.17) is 16.3 Å². The summed E-state index contributed by atoms with van der Waals surface area (Å²) in [5, 5.41) is 12.6. The summed E-state index contributed by atoms with van der Waals surface area (Å²) in [6, 6.07) is 7.49. The molecule has 0 fully saturated rings. The van der Waals surface area contributed by atoms with Crippen molar-refractivity contribution in [2.75, 3.05) is 20.3 Å². The van der Waals surface area contributed by atoms with Crippen LogP contribution in [0.5, 0.6) is 0 Å². The Balaban J connectivity index is 2.26. The van der Waals surface area contributed by atoms with E-state index in [-0.39, 0.29) is 11.2 Å². The molecule has 2 aromatic rings. The van der Waals surface area contributed by atoms with Gasteiger partial charge in [-0.2, -0.15) is 0 Å². The summed E-state index contributed by atoms with van der Waals surface area (Å²) in [6.07, 6.45) is 0.832. The van der Waals surface area contributed by atoms with Gasteiger partial charge in [-0.15, -0.1) is 10.2 Å². The molecule has 2 rings (SSSR count). The van der Waals surface area contributed by atoms with E-state index in [2.05, 4.69) is 15.5 Å². The van der Waals surface area contributed by atoms with Crippen molar-refractivity contribution >= 4 is 29.3 Å². The molecular weight excluding hydrogens is 360 g/mol. The normalized spacial score (nSPS) is 12.2. The van der Waals surface area contributed by atoms with Crippen molar-refractivity contribution in [1.82, 2.24) is 20.1 Å². The zero-order chi connectivity index (χ0) is 18.2. The molecule has 0 bridgehead atoms. The second kappa shape index (κ2) is 9.79. The van der Waals surface area contributed by atoms with Gasteiger partial charge in [0.15, 0.2) is 11.0 Å². The maximum atomic E-state index is 12.0. The molecule has 1 aromatic carbocycles. The van der Waals surface area contributed by atoms with E-state index < -0.39 is 0 Å². The van der Waals surface area contributed by atoms with E-state index in [0.29, 0.717) is 24.7 Å². The maximum absolute atomic E-state index is 12.0. The number of halogens is 1. The molecule has 0 spiro atoms. The Morgan fingerprint density at radius 2 is 2.08 bits per heavy atom. The fourth-order valence-corrected chi connectivity index (χ4v) is 3.31. The summed E-state index contributed by atoms with van der Waals surface area (Å²) in [5.41, 5.74) is 0.937. The van der Waals surface area contributed by atoms with Crippen LogP contribution in [0.15, 0.2) is 29.4 Å². The predicted octanol–water partition coefficient (Wildman–Crippen LogP) is 3.25. The number of nitrogens with one attached hydrogen (secondary N) is 1. The standard InChI is InChI=1S/C17H23ClN4O2S/c1-4-19-16(23)12(2)25-17-21-20-15(22(17)10-5-11-24-3)13-6-8-14(18)9-7-13/h6-9,12H,4-5,10-11H2,1-3H3,(H,19,23)/t12-/m0/s1. The first-order chi connectivity index (χ1) is 12.1. The maximum Gasteiger partial charge on any atom is 0.233 e. The average molecular weight is 383 g/mol. The molecule has 25 heavy (non-hydrogen) atoms. The highest BCUT2D eigenvalue weighted by atomic mass is 35.5. The third-order valence-corrected chi connectivity index (χ3v) is 4.88. The number of carbonyl (C=O) groups is 1. The van der Waals surface area contributed by atoms with Crippen LogP contribution < -0.4 is 5.32 Å². The third kappa shape index (κ3) is 5.45. The van der Waals surface area contributed by atoms with E-state index >= 15 is 0 Å². The molecule has 1 amide bonds. The SMILES string of the molecule is CCNC(=O)[C@H](C)Sc1nnc(-c2ccc(Cl)cc2)n1CCCOC. The van der Waals surface area contributed by atoms with Gasteiger partial charge in [-0.1, -0.05) is 23.4 Å². The van der Waals surface area contributed by atoms with Crippen molar-refractivity contribution in [2.24, 2.45) is 0 Å². The first-order valence-electron chi connectivity index (χ1n) is 8.19. The van der Waals surface area contributed by atoms with Crippen LogP contribution in [0, 0.1) is 0 Å². The van der Waals surface area contributed by atoms with Gasteiger partial charge in [-0.3, -0.25) is 4.79 Å². The Bertz CT molecular complexity index is 690. The van der Waals surface area contributed by atoms with Gasteiger partial charge >= 0.3 is 0 Å². The van der Waals surface area contributed by atoms with Gasteiger partial charge in [-0.25, -0.2) is 0 Å². The lowest BCUT2D eigenvalue weighted by atomic mass is 10.2. The Hall–Kier alpha value is -1.57. The number of aromatic nitrogens is 3. The number of hydrogen-bond acceptors (Lipinski definition) is 5. The van der Waals surface area contributed by atoms with E-state index in [1.165, 1.54) is 11.8 Å². The molecule has 1 heterocycles. The lowest BCUT2D eigenvalue weighted by molar-refractivity contribution is -0.120. The first kappa shape index (κ1) is 19.8. The van der Waals surface area contributed by atoms with Crippen LogP contribution in [0.2, 0.25) is 5.02 Å². The van der Waals surface area contributed by atoms with E-state index in [9.17, 15) is 4.79 Å². The summed E-state index contributed by atoms with van der Waals surface area (Å²) < 4.78 is 7.18. The molecular formula is C17H23ClN4O2S. The molecule has 1 N–H and O–H groups in total. The Kier molecular flexibility index (Phi) is 7.74. The van der Waals surface area contributed by atoms with Crippen molar-refractivity contribution in [3.63, 3.8) is 0 Å². The molecule has 1 atom stereocenters. The van der Waals surface area contributed by atoms with Crippen molar-refractivity contribution in [2.45, 2.75) is 37.2 Å². The molecule has 6 nitrogen and oxygen atoms in total. The minimum absolute atomic E-state index is 0.00742. The minimum Gasteiger partial charge on any atom is -0.385 e. The number of methoxy groups -OCH3 is 1. The molecule has 0 radical (unpaired) electrons. The highest BCUT2D eigenvalue weighted by Crippen LogP contribution is 2.28. The topological polar surface area (TPSA) is 69.0 Å². The molecule has 0 aliphatic heterocycles. The second-order valence-electron chi connectivity index (χ2n) is 5.47. The number of benzene rings is 1. The Morgan fingerprint density at radius 1 is 1.36 bits per heavy atom. The van der Waals surface area contributed by atoms with Crippen LogP contribution in [-0.4, -0.2) is 46.2 Å². The lowest BCUT2D eigenvalue weighted by Crippen LogP contribution is -2.30. The van der Waals surface area contributed by atoms with Crippen LogP contribution in [0.3, 0.4) is 0 Å². The molecule has 0 saturated heterocycles. The van der Waals surface area contributed by atoms with Crippen LogP contribution >= 0.6 is 23.4 Å². The minimum atomic E-state index is -0.247. The highest BCUT2D eigenvalue weighted by molar-refractivity contribution is 8.00. The summed E-state index contributed by atoms with van der Waals surface area (Å²) in [5.74, 6) is 0.755. The van der Waals surface area contributed by atoms with Gasteiger partial charge in [0.2, 0.25) is 5.91 Å². The van der Waals surface area contributed by atoms with Crippen LogP contribution in [0.25, 0.3) is 11.4 Å². The van der Waals surface area contributed by atoms with Gasteiger partial charge < -0.3 is 14.6 Å². The molecule has 136 valence electrons. The average Bonchev–Trinajstić information content (AvgIpc) is 2.99. The van der Waals surface area contributed by atoms with Gasteiger partial charge in [0, 0.05) is 37.4 Å². The van der Waals surface area contributed by atoms with Crippen molar-refractivity contribution in [3.05, 3.63) is 29.3 Å². The quantitative estimate of drug-likeness (QED) is 0.532. The first-order valence-corrected chi connectivity index (χ1v) is 9.45. The number of ether oxygens (including phenoxy) is 1. The number of hydrogen-bond donors (Lipinski definition) is 1. The molecule has 0 aliphatic rings. The summed E-state index contributed by atoms with van der Waals surface area (Å²) in [7, 11) is 1.68. The summed E-state index contributed by atoms with van der Waals surface area (Å²) in [4.78, 5) is 12.0. The van der Waals surface area contributed by atoms with Gasteiger partial charge in [0.25, 0.3) is 0 Å². The Morgan fingerprint density at radius 3 is 2.72 bits per heavy atom. The fourth-order valence-electron chi connectivity index (χ4n) is 2.29. The largest absolute Gasteiger partial charge is 0.385 e. The molecule has 0 unspecified atom stereocenters. The van der Waals surface area contributed by atoms with E-state index in [1.54, 1.807) is 7.11 Å². The second-order valence-corrected chi connectivity index (χ2v) is 7.21. The molecule has 0 aliphatic carbocycles. The number of rotatable bonds is 9. The zero-order valence-corrected chi connectivity index (χ0v) is 16.2. The van der Waals surface area contributed by atoms with E-state index in [1.807, 2.05) is 42.7 Å². The van der Waals surface area contributed by atoms with Crippen molar-refractivity contribution in [3.8, 4) is 11.4 Å². The fraction of sp³-hybridized carbons (Fsp3) is 0.471. The third-order valence-electron chi connectivity index (χ3n) is 3.55. The number of carbonyl (C=O) groups excluding carboxylic acids is 1.